The minimum Gasteiger partial charge on any atom is -0.196 e. The van der Waals surface area contributed by atoms with Crippen molar-refractivity contribution in [2.45, 2.75) is 20.3 Å². The molecule has 0 spiro atoms. The van der Waals surface area contributed by atoms with Crippen molar-refractivity contribution in [2.24, 2.45) is 5.41 Å². The number of nitrogens with zero attached hydrogens (tertiary/aromatic N) is 2. The smallest absolute Gasteiger partial charge is 0.172 e. The number of rotatable bonds is 4. The van der Waals surface area contributed by atoms with Crippen LogP contribution in [0.5, 0.6) is 0 Å². The highest BCUT2D eigenvalue weighted by Crippen LogP contribution is 2.36. The minimum absolute atomic E-state index is 0.364. The molecule has 90 valence electrons. The van der Waals surface area contributed by atoms with Crippen molar-refractivity contribution in [3.63, 3.8) is 0 Å². The lowest BCUT2D eigenvalue weighted by Crippen LogP contribution is -2.17. The largest absolute Gasteiger partial charge is 0.196 e. The van der Waals surface area contributed by atoms with Crippen LogP contribution >= 0.6 is 0 Å². The zero-order chi connectivity index (χ0) is 13.6. The lowest BCUT2D eigenvalue weighted by Gasteiger charge is -2.20. The number of benzene rings is 1. The standard InChI is InChI=1S/C16H16N2/c1-4-5-10-16(11-17,12-18)14(3)15-8-6-13(2)7-9-15/h4-9H,3,10H2,1-2H3/b5-4+. The van der Waals surface area contributed by atoms with Crippen LogP contribution in [0, 0.1) is 35.0 Å². The van der Waals surface area contributed by atoms with Gasteiger partial charge in [0, 0.05) is 6.42 Å². The molecule has 1 aromatic carbocycles. The van der Waals surface area contributed by atoms with Crippen LogP contribution in [0.15, 0.2) is 43.0 Å². The molecule has 0 radical (unpaired) electrons. The molecule has 0 aliphatic rings. The molecule has 0 fully saturated rings. The van der Waals surface area contributed by atoms with E-state index < -0.39 is 5.41 Å². The first kappa shape index (κ1) is 13.7. The Morgan fingerprint density at radius 3 is 2.28 bits per heavy atom. The zero-order valence-corrected chi connectivity index (χ0v) is 10.8. The fourth-order valence-electron chi connectivity index (χ4n) is 1.67. The number of nitriles is 2. The molecule has 0 unspecified atom stereocenters. The molecule has 0 N–H and O–H groups in total. The van der Waals surface area contributed by atoms with E-state index in [1.165, 1.54) is 0 Å². The maximum Gasteiger partial charge on any atom is 0.172 e. The van der Waals surface area contributed by atoms with Crippen LogP contribution in [0.2, 0.25) is 0 Å². The summed E-state index contributed by atoms with van der Waals surface area (Å²) in [5.74, 6) is 0. The highest BCUT2D eigenvalue weighted by Gasteiger charge is 2.33. The number of aryl methyl sites for hydroxylation is 1. The Hall–Kier alpha value is -2.32. The molecule has 0 amide bonds. The Balaban J connectivity index is 3.16. The molecule has 0 aliphatic heterocycles. The van der Waals surface area contributed by atoms with E-state index in [0.29, 0.717) is 12.0 Å². The van der Waals surface area contributed by atoms with Gasteiger partial charge in [-0.05, 0) is 25.0 Å². The molecule has 1 rings (SSSR count). The molecule has 1 aromatic rings. The molecular formula is C16H16N2. The SMILES string of the molecule is C=C(c1ccc(C)cc1)C(C#N)(C#N)C/C=C/C. The first-order chi connectivity index (χ1) is 8.59. The van der Waals surface area contributed by atoms with Gasteiger partial charge in [-0.25, -0.2) is 0 Å². The van der Waals surface area contributed by atoms with Gasteiger partial charge in [0.1, 0.15) is 0 Å². The average Bonchev–Trinajstić information content (AvgIpc) is 2.41. The molecule has 0 saturated carbocycles. The van der Waals surface area contributed by atoms with Gasteiger partial charge in [-0.15, -0.1) is 0 Å². The third-order valence-electron chi connectivity index (χ3n) is 2.96. The highest BCUT2D eigenvalue weighted by molar-refractivity contribution is 5.74. The van der Waals surface area contributed by atoms with Gasteiger partial charge in [-0.3, -0.25) is 0 Å². The van der Waals surface area contributed by atoms with Gasteiger partial charge in [0.25, 0.3) is 0 Å². The van der Waals surface area contributed by atoms with Gasteiger partial charge in [-0.1, -0.05) is 48.6 Å². The molecular weight excluding hydrogens is 220 g/mol. The second-order valence-electron chi connectivity index (χ2n) is 4.25. The third kappa shape index (κ3) is 2.67. The second kappa shape index (κ2) is 5.84. The summed E-state index contributed by atoms with van der Waals surface area (Å²) in [5, 5.41) is 18.6. The van der Waals surface area contributed by atoms with Gasteiger partial charge in [-0.2, -0.15) is 10.5 Å². The zero-order valence-electron chi connectivity index (χ0n) is 10.8. The van der Waals surface area contributed by atoms with Crippen molar-refractivity contribution in [1.29, 1.82) is 10.5 Å². The van der Waals surface area contributed by atoms with Crippen LogP contribution < -0.4 is 0 Å². The maximum absolute atomic E-state index is 9.32. The molecule has 18 heavy (non-hydrogen) atoms. The van der Waals surface area contributed by atoms with Crippen LogP contribution in [-0.2, 0) is 0 Å². The Morgan fingerprint density at radius 2 is 1.83 bits per heavy atom. The van der Waals surface area contributed by atoms with Gasteiger partial charge < -0.3 is 0 Å². The van der Waals surface area contributed by atoms with Crippen molar-refractivity contribution in [1.82, 2.24) is 0 Å². The first-order valence-electron chi connectivity index (χ1n) is 5.79. The molecule has 0 atom stereocenters. The van der Waals surface area contributed by atoms with E-state index in [1.54, 1.807) is 0 Å². The second-order valence-corrected chi connectivity index (χ2v) is 4.25. The van der Waals surface area contributed by atoms with Gasteiger partial charge >= 0.3 is 0 Å². The van der Waals surface area contributed by atoms with Gasteiger partial charge in [0.2, 0.25) is 0 Å². The fraction of sp³-hybridized carbons (Fsp3) is 0.250. The molecule has 0 aliphatic carbocycles. The summed E-state index contributed by atoms with van der Waals surface area (Å²) in [4.78, 5) is 0. The van der Waals surface area contributed by atoms with E-state index in [4.69, 9.17) is 0 Å². The summed E-state index contributed by atoms with van der Waals surface area (Å²) >= 11 is 0. The molecule has 2 nitrogen and oxygen atoms in total. The molecule has 0 bridgehead atoms. The molecule has 2 heteroatoms. The van der Waals surface area contributed by atoms with Crippen molar-refractivity contribution < 1.29 is 0 Å². The van der Waals surface area contributed by atoms with Crippen LogP contribution in [0.25, 0.3) is 5.57 Å². The molecule has 0 heterocycles. The Labute approximate surface area is 108 Å². The number of hydrogen-bond acceptors (Lipinski definition) is 2. The number of allylic oxidation sites excluding steroid dienone is 3. The summed E-state index contributed by atoms with van der Waals surface area (Å²) in [7, 11) is 0. The van der Waals surface area contributed by atoms with Crippen molar-refractivity contribution in [3.05, 3.63) is 54.1 Å². The molecule has 0 saturated heterocycles. The lowest BCUT2D eigenvalue weighted by atomic mass is 9.77. The highest BCUT2D eigenvalue weighted by atomic mass is 14.4. The summed E-state index contributed by atoms with van der Waals surface area (Å²) in [6, 6.07) is 11.9. The van der Waals surface area contributed by atoms with E-state index in [9.17, 15) is 10.5 Å². The summed E-state index contributed by atoms with van der Waals surface area (Å²) in [6.07, 6.45) is 4.03. The Morgan fingerprint density at radius 1 is 1.28 bits per heavy atom. The summed E-state index contributed by atoms with van der Waals surface area (Å²) in [6.45, 7) is 7.81. The van der Waals surface area contributed by atoms with Crippen LogP contribution in [0.3, 0.4) is 0 Å². The van der Waals surface area contributed by atoms with Crippen molar-refractivity contribution >= 4 is 5.57 Å². The van der Waals surface area contributed by atoms with E-state index in [1.807, 2.05) is 50.3 Å². The third-order valence-corrected chi connectivity index (χ3v) is 2.96. The fourth-order valence-corrected chi connectivity index (χ4v) is 1.67. The first-order valence-corrected chi connectivity index (χ1v) is 5.79. The van der Waals surface area contributed by atoms with E-state index in [-0.39, 0.29) is 0 Å². The average molecular weight is 236 g/mol. The summed E-state index contributed by atoms with van der Waals surface area (Å²) in [5.41, 5.74) is 1.36. The number of hydrogen-bond donors (Lipinski definition) is 0. The van der Waals surface area contributed by atoms with E-state index >= 15 is 0 Å². The normalized spacial score (nSPS) is 10.9. The predicted molar refractivity (Wildman–Crippen MR) is 73.3 cm³/mol. The van der Waals surface area contributed by atoms with Crippen LogP contribution in [0.1, 0.15) is 24.5 Å². The quantitative estimate of drug-likeness (QED) is 0.741. The van der Waals surface area contributed by atoms with Crippen molar-refractivity contribution in [2.75, 3.05) is 0 Å². The predicted octanol–water partition coefficient (Wildman–Crippen LogP) is 4.01. The van der Waals surface area contributed by atoms with Gasteiger partial charge in [0.15, 0.2) is 5.41 Å². The summed E-state index contributed by atoms with van der Waals surface area (Å²) < 4.78 is 0. The topological polar surface area (TPSA) is 47.6 Å². The van der Waals surface area contributed by atoms with Crippen molar-refractivity contribution in [3.8, 4) is 12.1 Å². The Kier molecular flexibility index (Phi) is 4.46. The van der Waals surface area contributed by atoms with Crippen LogP contribution in [-0.4, -0.2) is 0 Å². The Bertz CT molecular complexity index is 522. The van der Waals surface area contributed by atoms with Crippen LogP contribution in [0.4, 0.5) is 0 Å². The van der Waals surface area contributed by atoms with E-state index in [2.05, 4.69) is 18.7 Å². The lowest BCUT2D eigenvalue weighted by molar-refractivity contribution is 0.698. The monoisotopic (exact) mass is 236 g/mol. The minimum atomic E-state index is -1.18. The van der Waals surface area contributed by atoms with Gasteiger partial charge in [0.05, 0.1) is 12.1 Å². The van der Waals surface area contributed by atoms with E-state index in [0.717, 1.165) is 11.1 Å². The molecule has 0 aromatic heterocycles. The maximum atomic E-state index is 9.32.